The summed E-state index contributed by atoms with van der Waals surface area (Å²) in [4.78, 5) is 14.9. The van der Waals surface area contributed by atoms with E-state index in [0.29, 0.717) is 44.2 Å². The molecule has 0 saturated carbocycles. The Morgan fingerprint density at radius 3 is 2.47 bits per heavy atom. The number of nitrogens with zero attached hydrogens (tertiary/aromatic N) is 3. The van der Waals surface area contributed by atoms with Gasteiger partial charge in [0, 0.05) is 36.9 Å². The Hall–Kier alpha value is -1.32. The zero-order valence-corrected chi connectivity index (χ0v) is 18.4. The minimum Gasteiger partial charge on any atom is -0.379 e. The number of alkyl halides is 3. The first kappa shape index (κ1) is 24.9. The van der Waals surface area contributed by atoms with Gasteiger partial charge in [0.15, 0.2) is 5.69 Å². The second-order valence-corrected chi connectivity index (χ2v) is 8.25. The summed E-state index contributed by atoms with van der Waals surface area (Å²) < 4.78 is 46.9. The van der Waals surface area contributed by atoms with E-state index in [-0.39, 0.29) is 36.5 Å². The predicted octanol–water partition coefficient (Wildman–Crippen LogP) is 3.07. The first-order chi connectivity index (χ1) is 13.8. The number of carbonyl (C=O) groups is 1. The first-order valence-corrected chi connectivity index (χ1v) is 10.5. The lowest BCUT2D eigenvalue weighted by Crippen LogP contribution is -2.51. The number of fused-ring (bicyclic) bond motifs is 1. The topological polar surface area (TPSA) is 59.4 Å². The van der Waals surface area contributed by atoms with Gasteiger partial charge in [0.25, 0.3) is 0 Å². The molecule has 1 aromatic heterocycles. The van der Waals surface area contributed by atoms with Crippen LogP contribution in [0.3, 0.4) is 0 Å². The summed E-state index contributed by atoms with van der Waals surface area (Å²) in [5.41, 5.74) is 0.0188. The molecule has 3 rings (SSSR count). The summed E-state index contributed by atoms with van der Waals surface area (Å²) in [5, 5.41) is 6.72. The van der Waals surface area contributed by atoms with Crippen LogP contribution in [0.4, 0.5) is 13.2 Å². The van der Waals surface area contributed by atoms with Crippen LogP contribution in [0, 0.1) is 5.92 Å². The average molecular weight is 453 g/mol. The average Bonchev–Trinajstić information content (AvgIpc) is 2.84. The molecule has 1 aliphatic carbocycles. The highest BCUT2D eigenvalue weighted by atomic mass is 35.5. The van der Waals surface area contributed by atoms with Crippen molar-refractivity contribution in [2.24, 2.45) is 5.92 Å². The number of rotatable bonds is 6. The minimum atomic E-state index is -4.49. The van der Waals surface area contributed by atoms with Crippen LogP contribution in [0.1, 0.15) is 50.1 Å². The Morgan fingerprint density at radius 2 is 1.83 bits per heavy atom. The third kappa shape index (κ3) is 6.11. The predicted molar refractivity (Wildman–Crippen MR) is 110 cm³/mol. The monoisotopic (exact) mass is 452 g/mol. The Morgan fingerprint density at radius 1 is 1.17 bits per heavy atom. The molecular weight excluding hydrogens is 421 g/mol. The number of aromatic nitrogens is 2. The maximum atomic E-state index is 13.4. The highest BCUT2D eigenvalue weighted by Crippen LogP contribution is 2.35. The van der Waals surface area contributed by atoms with Crippen molar-refractivity contribution in [2.45, 2.75) is 64.7 Å². The normalized spacial score (nSPS) is 19.0. The van der Waals surface area contributed by atoms with E-state index < -0.39 is 11.9 Å². The fraction of sp³-hybridized carbons (Fsp3) is 0.800. The molecule has 0 bridgehead atoms. The standard InChI is InChI=1S/C20H31F3N4O2.ClH/c1-14(2)17(26-8-10-29-11-9-26)12-24-18(28)13-27-16-7-5-3-4-6-15(16)19(25-27)20(21,22)23;/h14,17H,3-13H2,1-2H3,(H,24,28);1H. The Balaban J connectivity index is 0.00000320. The quantitative estimate of drug-likeness (QED) is 0.674. The van der Waals surface area contributed by atoms with Gasteiger partial charge in [0.1, 0.15) is 6.54 Å². The summed E-state index contributed by atoms with van der Waals surface area (Å²) in [6.07, 6.45) is -1.14. The van der Waals surface area contributed by atoms with Gasteiger partial charge in [0.05, 0.1) is 13.2 Å². The molecule has 6 nitrogen and oxygen atoms in total. The van der Waals surface area contributed by atoms with Crippen molar-refractivity contribution < 1.29 is 22.7 Å². The van der Waals surface area contributed by atoms with Crippen molar-refractivity contribution in [1.82, 2.24) is 20.0 Å². The lowest BCUT2D eigenvalue weighted by atomic mass is 10.0. The Labute approximate surface area is 181 Å². The molecule has 10 heteroatoms. The molecule has 0 aromatic carbocycles. The SMILES string of the molecule is CC(C)C(CNC(=O)Cn1nc(C(F)(F)F)c2c1CCCCC2)N1CCOCC1.Cl. The van der Waals surface area contributed by atoms with Gasteiger partial charge >= 0.3 is 6.18 Å². The van der Waals surface area contributed by atoms with E-state index in [9.17, 15) is 18.0 Å². The number of halogens is 4. The third-order valence-electron chi connectivity index (χ3n) is 5.86. The van der Waals surface area contributed by atoms with E-state index in [1.54, 1.807) is 0 Å². The van der Waals surface area contributed by atoms with E-state index in [0.717, 1.165) is 32.4 Å². The molecule has 30 heavy (non-hydrogen) atoms. The second kappa shape index (κ2) is 10.8. The van der Waals surface area contributed by atoms with Crippen LogP contribution in [0.5, 0.6) is 0 Å². The number of carbonyl (C=O) groups excluding carboxylic acids is 1. The molecule has 1 aliphatic heterocycles. The van der Waals surface area contributed by atoms with Crippen molar-refractivity contribution in [3.63, 3.8) is 0 Å². The molecule has 2 aliphatic rings. The molecule has 1 saturated heterocycles. The first-order valence-electron chi connectivity index (χ1n) is 10.5. The summed E-state index contributed by atoms with van der Waals surface area (Å²) in [5.74, 6) is 0.0402. The maximum Gasteiger partial charge on any atom is 0.435 e. The summed E-state index contributed by atoms with van der Waals surface area (Å²) in [6.45, 7) is 7.50. The van der Waals surface area contributed by atoms with Crippen molar-refractivity contribution >= 4 is 18.3 Å². The molecular formula is C20H32ClF3N4O2. The summed E-state index contributed by atoms with van der Waals surface area (Å²) in [7, 11) is 0. The number of morpholine rings is 1. The van der Waals surface area contributed by atoms with Crippen LogP contribution in [0.25, 0.3) is 0 Å². The second-order valence-electron chi connectivity index (χ2n) is 8.25. The number of ether oxygens (including phenoxy) is 1. The Kier molecular flexibility index (Phi) is 8.99. The van der Waals surface area contributed by atoms with E-state index in [4.69, 9.17) is 4.74 Å². The number of hydrogen-bond acceptors (Lipinski definition) is 4. The lowest BCUT2D eigenvalue weighted by molar-refractivity contribution is -0.142. The van der Waals surface area contributed by atoms with Gasteiger partial charge in [-0.2, -0.15) is 18.3 Å². The molecule has 1 N–H and O–H groups in total. The van der Waals surface area contributed by atoms with Gasteiger partial charge in [-0.1, -0.05) is 20.3 Å². The number of hydrogen-bond donors (Lipinski definition) is 1. The van der Waals surface area contributed by atoms with Crippen molar-refractivity contribution in [3.8, 4) is 0 Å². The van der Waals surface area contributed by atoms with Gasteiger partial charge in [-0.3, -0.25) is 14.4 Å². The molecule has 1 unspecified atom stereocenters. The maximum absolute atomic E-state index is 13.4. The zero-order valence-electron chi connectivity index (χ0n) is 17.6. The van der Waals surface area contributed by atoms with Crippen LogP contribution in [0.15, 0.2) is 0 Å². The van der Waals surface area contributed by atoms with E-state index in [1.807, 2.05) is 0 Å². The third-order valence-corrected chi connectivity index (χ3v) is 5.86. The Bertz CT molecular complexity index is 703. The van der Waals surface area contributed by atoms with E-state index in [2.05, 4.69) is 29.2 Å². The van der Waals surface area contributed by atoms with Crippen molar-refractivity contribution in [1.29, 1.82) is 0 Å². The van der Waals surface area contributed by atoms with Crippen LogP contribution in [-0.4, -0.2) is 59.5 Å². The van der Waals surface area contributed by atoms with Crippen LogP contribution < -0.4 is 5.32 Å². The lowest BCUT2D eigenvalue weighted by Gasteiger charge is -2.36. The van der Waals surface area contributed by atoms with Gasteiger partial charge in [-0.05, 0) is 31.6 Å². The van der Waals surface area contributed by atoms with Gasteiger partial charge in [0.2, 0.25) is 5.91 Å². The van der Waals surface area contributed by atoms with Gasteiger partial charge in [-0.15, -0.1) is 12.4 Å². The summed E-state index contributed by atoms with van der Waals surface area (Å²) >= 11 is 0. The molecule has 172 valence electrons. The van der Waals surface area contributed by atoms with Crippen molar-refractivity contribution in [3.05, 3.63) is 17.0 Å². The molecule has 1 atom stereocenters. The largest absolute Gasteiger partial charge is 0.435 e. The molecule has 1 fully saturated rings. The molecule has 1 amide bonds. The molecule has 2 heterocycles. The fourth-order valence-electron chi connectivity index (χ4n) is 4.31. The minimum absolute atomic E-state index is 0. The van der Waals surface area contributed by atoms with Gasteiger partial charge in [-0.25, -0.2) is 0 Å². The van der Waals surface area contributed by atoms with E-state index >= 15 is 0 Å². The molecule has 1 aromatic rings. The number of amides is 1. The van der Waals surface area contributed by atoms with Crippen LogP contribution >= 0.6 is 12.4 Å². The molecule has 0 radical (unpaired) electrons. The number of nitrogens with one attached hydrogen (secondary N) is 1. The van der Waals surface area contributed by atoms with Crippen LogP contribution in [0.2, 0.25) is 0 Å². The molecule has 0 spiro atoms. The highest BCUT2D eigenvalue weighted by Gasteiger charge is 2.39. The fourth-order valence-corrected chi connectivity index (χ4v) is 4.31. The van der Waals surface area contributed by atoms with Crippen molar-refractivity contribution in [2.75, 3.05) is 32.8 Å². The highest BCUT2D eigenvalue weighted by molar-refractivity contribution is 5.85. The smallest absolute Gasteiger partial charge is 0.379 e. The van der Waals surface area contributed by atoms with E-state index in [1.165, 1.54) is 4.68 Å². The van der Waals surface area contributed by atoms with Crippen LogP contribution in [-0.2, 0) is 35.1 Å². The summed E-state index contributed by atoms with van der Waals surface area (Å²) in [6, 6.07) is 0.170. The zero-order chi connectivity index (χ0) is 21.0. The van der Waals surface area contributed by atoms with Gasteiger partial charge < -0.3 is 10.1 Å².